The molecule has 1 aromatic rings. The molecule has 2 N–H and O–H groups in total. The Hall–Kier alpha value is -1.38. The van der Waals surface area contributed by atoms with Crippen LogP contribution in [0.5, 0.6) is 17.2 Å². The Bertz CT molecular complexity index is 323. The monoisotopic (exact) mass is 224 g/mol. The molecule has 0 radical (unpaired) electrons. The maximum absolute atomic E-state index is 9.54. The SMILES string of the molecule is CCCCCC(C)Oc1cccc(O)c1O. The van der Waals surface area contributed by atoms with Gasteiger partial charge in [-0.3, -0.25) is 0 Å². The van der Waals surface area contributed by atoms with E-state index in [0.717, 1.165) is 12.8 Å². The summed E-state index contributed by atoms with van der Waals surface area (Å²) in [6.45, 7) is 4.13. The van der Waals surface area contributed by atoms with Gasteiger partial charge >= 0.3 is 0 Å². The number of hydrogen-bond donors (Lipinski definition) is 2. The summed E-state index contributed by atoms with van der Waals surface area (Å²) in [6.07, 6.45) is 4.52. The van der Waals surface area contributed by atoms with Crippen LogP contribution in [-0.4, -0.2) is 16.3 Å². The molecule has 1 aromatic carbocycles. The van der Waals surface area contributed by atoms with Crippen molar-refractivity contribution < 1.29 is 14.9 Å². The third-order valence-corrected chi connectivity index (χ3v) is 2.52. The maximum atomic E-state index is 9.54. The molecule has 0 saturated heterocycles. The number of ether oxygens (including phenoxy) is 1. The Morgan fingerprint density at radius 2 is 2.00 bits per heavy atom. The molecule has 0 aliphatic carbocycles. The largest absolute Gasteiger partial charge is 0.504 e. The summed E-state index contributed by atoms with van der Waals surface area (Å²) in [5.74, 6) is 0.0344. The van der Waals surface area contributed by atoms with Crippen molar-refractivity contribution in [2.75, 3.05) is 0 Å². The van der Waals surface area contributed by atoms with Gasteiger partial charge in [-0.2, -0.15) is 0 Å². The minimum absolute atomic E-state index is 0.0549. The van der Waals surface area contributed by atoms with E-state index in [1.54, 1.807) is 12.1 Å². The normalized spacial score (nSPS) is 12.4. The summed E-state index contributed by atoms with van der Waals surface area (Å²) in [7, 11) is 0. The van der Waals surface area contributed by atoms with Gasteiger partial charge in [0.15, 0.2) is 11.5 Å². The van der Waals surface area contributed by atoms with E-state index in [-0.39, 0.29) is 17.6 Å². The standard InChI is InChI=1S/C13H20O3/c1-3-4-5-7-10(2)16-12-9-6-8-11(14)13(12)15/h6,8-10,14-15H,3-5,7H2,1-2H3. The molecule has 0 aliphatic rings. The number of aromatic hydroxyl groups is 2. The molecule has 90 valence electrons. The first-order valence-electron chi connectivity index (χ1n) is 5.82. The van der Waals surface area contributed by atoms with Crippen molar-refractivity contribution in [1.29, 1.82) is 0 Å². The smallest absolute Gasteiger partial charge is 0.200 e. The molecule has 0 aliphatic heterocycles. The lowest BCUT2D eigenvalue weighted by Crippen LogP contribution is -2.11. The molecule has 0 amide bonds. The summed E-state index contributed by atoms with van der Waals surface area (Å²) in [5, 5.41) is 18.8. The van der Waals surface area contributed by atoms with Crippen LogP contribution in [0.25, 0.3) is 0 Å². The predicted molar refractivity (Wildman–Crippen MR) is 64.0 cm³/mol. The molecule has 0 heterocycles. The van der Waals surface area contributed by atoms with Gasteiger partial charge in [-0.1, -0.05) is 25.8 Å². The van der Waals surface area contributed by atoms with Gasteiger partial charge in [-0.15, -0.1) is 0 Å². The fraction of sp³-hybridized carbons (Fsp3) is 0.538. The predicted octanol–water partition coefficient (Wildman–Crippen LogP) is 3.45. The molecule has 0 aromatic heterocycles. The molecule has 0 saturated carbocycles. The molecule has 1 rings (SSSR count). The van der Waals surface area contributed by atoms with E-state index in [9.17, 15) is 10.2 Å². The Labute approximate surface area is 96.7 Å². The zero-order valence-electron chi connectivity index (χ0n) is 9.94. The zero-order chi connectivity index (χ0) is 12.0. The van der Waals surface area contributed by atoms with Crippen LogP contribution in [0, 0.1) is 0 Å². The minimum atomic E-state index is -0.176. The van der Waals surface area contributed by atoms with Gasteiger partial charge < -0.3 is 14.9 Å². The van der Waals surface area contributed by atoms with E-state index >= 15 is 0 Å². The summed E-state index contributed by atoms with van der Waals surface area (Å²) in [4.78, 5) is 0. The van der Waals surface area contributed by atoms with Crippen molar-refractivity contribution in [3.63, 3.8) is 0 Å². The first kappa shape index (κ1) is 12.7. The Balaban J connectivity index is 2.49. The number of para-hydroxylation sites is 1. The molecule has 0 bridgehead atoms. The third-order valence-electron chi connectivity index (χ3n) is 2.52. The second-order valence-electron chi connectivity index (χ2n) is 4.05. The van der Waals surface area contributed by atoms with Crippen molar-refractivity contribution in [2.45, 2.75) is 45.6 Å². The highest BCUT2D eigenvalue weighted by atomic mass is 16.5. The summed E-state index contributed by atoms with van der Waals surface area (Å²) in [5.41, 5.74) is 0. The van der Waals surface area contributed by atoms with E-state index in [4.69, 9.17) is 4.74 Å². The van der Waals surface area contributed by atoms with Crippen LogP contribution in [0.4, 0.5) is 0 Å². The lowest BCUT2D eigenvalue weighted by Gasteiger charge is -2.15. The average Bonchev–Trinajstić information content (AvgIpc) is 2.25. The van der Waals surface area contributed by atoms with Crippen LogP contribution in [0.3, 0.4) is 0 Å². The van der Waals surface area contributed by atoms with Gasteiger partial charge in [0.2, 0.25) is 5.75 Å². The number of phenols is 2. The van der Waals surface area contributed by atoms with Gasteiger partial charge in [0, 0.05) is 0 Å². The number of hydrogen-bond acceptors (Lipinski definition) is 3. The van der Waals surface area contributed by atoms with E-state index in [2.05, 4.69) is 6.92 Å². The van der Waals surface area contributed by atoms with E-state index in [1.165, 1.54) is 18.9 Å². The second-order valence-corrected chi connectivity index (χ2v) is 4.05. The molecule has 1 unspecified atom stereocenters. The number of phenolic OH excluding ortho intramolecular Hbond substituents is 2. The van der Waals surface area contributed by atoms with Crippen LogP contribution >= 0.6 is 0 Å². The van der Waals surface area contributed by atoms with Gasteiger partial charge in [-0.25, -0.2) is 0 Å². The number of unbranched alkanes of at least 4 members (excludes halogenated alkanes) is 2. The average molecular weight is 224 g/mol. The third kappa shape index (κ3) is 3.65. The first-order valence-corrected chi connectivity index (χ1v) is 5.82. The van der Waals surface area contributed by atoms with Gasteiger partial charge in [0.05, 0.1) is 6.10 Å². The van der Waals surface area contributed by atoms with E-state index in [0.29, 0.717) is 5.75 Å². The highest BCUT2D eigenvalue weighted by molar-refractivity contribution is 5.48. The molecule has 1 atom stereocenters. The fourth-order valence-corrected chi connectivity index (χ4v) is 1.56. The van der Waals surface area contributed by atoms with Crippen LogP contribution in [-0.2, 0) is 0 Å². The fourth-order valence-electron chi connectivity index (χ4n) is 1.56. The lowest BCUT2D eigenvalue weighted by molar-refractivity contribution is 0.197. The van der Waals surface area contributed by atoms with Crippen LogP contribution in [0.2, 0.25) is 0 Å². The van der Waals surface area contributed by atoms with Crippen molar-refractivity contribution in [2.24, 2.45) is 0 Å². The molecular formula is C13H20O3. The number of benzene rings is 1. The quantitative estimate of drug-likeness (QED) is 0.574. The minimum Gasteiger partial charge on any atom is -0.504 e. The lowest BCUT2D eigenvalue weighted by atomic mass is 10.1. The zero-order valence-corrected chi connectivity index (χ0v) is 9.94. The molecule has 3 heteroatoms. The first-order chi connectivity index (χ1) is 7.65. The maximum Gasteiger partial charge on any atom is 0.200 e. The molecule has 0 fully saturated rings. The summed E-state index contributed by atoms with van der Waals surface area (Å²) in [6, 6.07) is 4.75. The molecule has 16 heavy (non-hydrogen) atoms. The van der Waals surface area contributed by atoms with E-state index in [1.807, 2.05) is 6.92 Å². The Morgan fingerprint density at radius 3 is 2.69 bits per heavy atom. The van der Waals surface area contributed by atoms with Crippen molar-refractivity contribution in [3.05, 3.63) is 18.2 Å². The summed E-state index contributed by atoms with van der Waals surface area (Å²) < 4.78 is 5.56. The highest BCUT2D eigenvalue weighted by Crippen LogP contribution is 2.35. The van der Waals surface area contributed by atoms with Crippen LogP contribution < -0.4 is 4.74 Å². The van der Waals surface area contributed by atoms with Gasteiger partial charge in [-0.05, 0) is 31.9 Å². The van der Waals surface area contributed by atoms with Gasteiger partial charge in [0.1, 0.15) is 0 Å². The van der Waals surface area contributed by atoms with Crippen molar-refractivity contribution in [3.8, 4) is 17.2 Å². The van der Waals surface area contributed by atoms with E-state index < -0.39 is 0 Å². The van der Waals surface area contributed by atoms with Crippen LogP contribution in [0.1, 0.15) is 39.5 Å². The molecule has 0 spiro atoms. The molecular weight excluding hydrogens is 204 g/mol. The summed E-state index contributed by atoms with van der Waals surface area (Å²) >= 11 is 0. The van der Waals surface area contributed by atoms with Gasteiger partial charge in [0.25, 0.3) is 0 Å². The highest BCUT2D eigenvalue weighted by Gasteiger charge is 2.10. The Kier molecular flexibility index (Phi) is 4.96. The van der Waals surface area contributed by atoms with Crippen molar-refractivity contribution >= 4 is 0 Å². The number of rotatable bonds is 6. The Morgan fingerprint density at radius 1 is 1.25 bits per heavy atom. The van der Waals surface area contributed by atoms with Crippen LogP contribution in [0.15, 0.2) is 18.2 Å². The topological polar surface area (TPSA) is 49.7 Å². The second kappa shape index (κ2) is 6.26. The molecule has 3 nitrogen and oxygen atoms in total. The van der Waals surface area contributed by atoms with Crippen molar-refractivity contribution in [1.82, 2.24) is 0 Å².